The third-order valence-electron chi connectivity index (χ3n) is 7.12. The van der Waals surface area contributed by atoms with E-state index >= 15 is 4.39 Å². The van der Waals surface area contributed by atoms with Crippen molar-refractivity contribution < 1.29 is 33.0 Å². The molecule has 0 spiro atoms. The number of ketones is 1. The first-order valence-electron chi connectivity index (χ1n) is 13.9. The Morgan fingerprint density at radius 3 is 2.31 bits per heavy atom. The first-order valence-corrected chi connectivity index (χ1v) is 13.9. The number of piperazine rings is 1. The van der Waals surface area contributed by atoms with Gasteiger partial charge in [0.1, 0.15) is 29.3 Å². The van der Waals surface area contributed by atoms with Crippen LogP contribution in [0.2, 0.25) is 0 Å². The second-order valence-corrected chi connectivity index (χ2v) is 11.5. The molecule has 226 valence electrons. The van der Waals surface area contributed by atoms with Crippen LogP contribution in [0, 0.1) is 5.82 Å². The lowest BCUT2D eigenvalue weighted by atomic mass is 10.0. The number of benzene rings is 2. The number of cyclic esters (lactones) is 1. The van der Waals surface area contributed by atoms with Gasteiger partial charge in [-0.05, 0) is 57.0 Å². The van der Waals surface area contributed by atoms with Crippen LogP contribution in [0.3, 0.4) is 0 Å². The van der Waals surface area contributed by atoms with Crippen LogP contribution < -0.4 is 16.0 Å². The van der Waals surface area contributed by atoms with Crippen molar-refractivity contribution in [2.75, 3.05) is 44.2 Å². The lowest BCUT2D eigenvalue weighted by molar-refractivity contribution is -0.132. The molecular formula is C30H38FN5O6. The highest BCUT2D eigenvalue weighted by molar-refractivity contribution is 5.92. The Morgan fingerprint density at radius 1 is 1.07 bits per heavy atom. The summed E-state index contributed by atoms with van der Waals surface area (Å²) in [7, 11) is 0. The summed E-state index contributed by atoms with van der Waals surface area (Å²) < 4.78 is 25.7. The van der Waals surface area contributed by atoms with E-state index in [1.807, 2.05) is 32.9 Å². The minimum Gasteiger partial charge on any atom is -0.444 e. The van der Waals surface area contributed by atoms with Gasteiger partial charge in [0.15, 0.2) is 0 Å². The van der Waals surface area contributed by atoms with E-state index in [4.69, 9.17) is 15.2 Å². The Hall–Kier alpha value is -4.03. The average molecular weight is 584 g/mol. The maximum absolute atomic E-state index is 15.1. The van der Waals surface area contributed by atoms with Crippen molar-refractivity contribution >= 4 is 29.6 Å². The van der Waals surface area contributed by atoms with Crippen molar-refractivity contribution in [3.05, 3.63) is 53.8 Å². The van der Waals surface area contributed by atoms with Crippen molar-refractivity contribution in [3.63, 3.8) is 0 Å². The number of carbonyl (C=O) groups excluding carboxylic acids is 4. The fraction of sp³-hybridized carbons (Fsp3) is 0.467. The Kier molecular flexibility index (Phi) is 9.47. The highest BCUT2D eigenvalue weighted by atomic mass is 19.1. The molecule has 0 aliphatic carbocycles. The first kappa shape index (κ1) is 30.9. The summed E-state index contributed by atoms with van der Waals surface area (Å²) in [5.74, 6) is -0.853. The number of ether oxygens (including phenoxy) is 2. The van der Waals surface area contributed by atoms with Crippen LogP contribution >= 0.6 is 0 Å². The van der Waals surface area contributed by atoms with Crippen molar-refractivity contribution in [3.8, 4) is 11.1 Å². The molecule has 2 fully saturated rings. The van der Waals surface area contributed by atoms with Crippen LogP contribution in [-0.2, 0) is 25.6 Å². The Balaban J connectivity index is 1.26. The highest BCUT2D eigenvalue weighted by Crippen LogP contribution is 2.29. The van der Waals surface area contributed by atoms with Gasteiger partial charge in [0.2, 0.25) is 5.91 Å². The summed E-state index contributed by atoms with van der Waals surface area (Å²) in [4.78, 5) is 53.3. The number of halogens is 1. The van der Waals surface area contributed by atoms with Gasteiger partial charge in [0.25, 0.3) is 0 Å². The van der Waals surface area contributed by atoms with Gasteiger partial charge < -0.3 is 30.3 Å². The molecule has 1 unspecified atom stereocenters. The number of carbonyl (C=O) groups is 4. The van der Waals surface area contributed by atoms with E-state index in [1.165, 1.54) is 17.9 Å². The van der Waals surface area contributed by atoms with Crippen LogP contribution in [0.1, 0.15) is 33.3 Å². The van der Waals surface area contributed by atoms with Crippen LogP contribution in [0.15, 0.2) is 42.5 Å². The molecular weight excluding hydrogens is 545 g/mol. The van der Waals surface area contributed by atoms with Crippen LogP contribution in [0.5, 0.6) is 0 Å². The lowest BCUT2D eigenvalue weighted by Gasteiger charge is -2.35. The van der Waals surface area contributed by atoms with E-state index in [2.05, 4.69) is 5.32 Å². The third-order valence-corrected chi connectivity index (χ3v) is 7.12. The van der Waals surface area contributed by atoms with Gasteiger partial charge in [-0.15, -0.1) is 0 Å². The Labute approximate surface area is 244 Å². The molecule has 0 bridgehead atoms. The maximum atomic E-state index is 15.1. The van der Waals surface area contributed by atoms with Crippen LogP contribution in [0.25, 0.3) is 11.1 Å². The maximum Gasteiger partial charge on any atom is 0.414 e. The van der Waals surface area contributed by atoms with Crippen molar-refractivity contribution in [1.29, 1.82) is 0 Å². The summed E-state index contributed by atoms with van der Waals surface area (Å²) in [6.07, 6.45) is -1.83. The summed E-state index contributed by atoms with van der Waals surface area (Å²) in [5.41, 5.74) is 7.50. The molecule has 0 radical (unpaired) electrons. The van der Waals surface area contributed by atoms with Crippen LogP contribution in [0.4, 0.5) is 19.7 Å². The number of nitrogens with zero attached hydrogens (tertiary/aromatic N) is 3. The fourth-order valence-corrected chi connectivity index (χ4v) is 4.74. The quantitative estimate of drug-likeness (QED) is 0.485. The summed E-state index contributed by atoms with van der Waals surface area (Å²) >= 11 is 0. The molecule has 2 aromatic carbocycles. The zero-order chi connectivity index (χ0) is 30.6. The summed E-state index contributed by atoms with van der Waals surface area (Å²) in [6.45, 7) is 9.20. The minimum atomic E-state index is -0.935. The summed E-state index contributed by atoms with van der Waals surface area (Å²) in [6, 6.07) is 10.8. The topological polar surface area (TPSA) is 135 Å². The van der Waals surface area contributed by atoms with Gasteiger partial charge in [0, 0.05) is 38.3 Å². The molecule has 3 amide bonds. The third kappa shape index (κ3) is 7.62. The number of nitrogens with two attached hydrogens (primary N) is 1. The number of nitrogens with one attached hydrogen (secondary N) is 1. The van der Waals surface area contributed by atoms with Gasteiger partial charge in [0.05, 0.1) is 18.8 Å². The van der Waals surface area contributed by atoms with E-state index in [0.717, 1.165) is 5.56 Å². The number of rotatable bonds is 8. The molecule has 2 saturated heterocycles. The molecule has 11 nitrogen and oxygen atoms in total. The molecule has 2 aromatic rings. The van der Waals surface area contributed by atoms with Gasteiger partial charge in [-0.25, -0.2) is 14.0 Å². The second kappa shape index (κ2) is 12.9. The van der Waals surface area contributed by atoms with Gasteiger partial charge in [-0.2, -0.15) is 0 Å². The Bertz CT molecular complexity index is 1320. The van der Waals surface area contributed by atoms with Crippen LogP contribution in [-0.4, -0.2) is 90.7 Å². The monoisotopic (exact) mass is 583 g/mol. The van der Waals surface area contributed by atoms with E-state index in [0.29, 0.717) is 49.5 Å². The lowest BCUT2D eigenvalue weighted by Crippen LogP contribution is -2.53. The molecule has 2 atom stereocenters. The van der Waals surface area contributed by atoms with E-state index < -0.39 is 29.7 Å². The first-order chi connectivity index (χ1) is 19.8. The molecule has 42 heavy (non-hydrogen) atoms. The van der Waals surface area contributed by atoms with E-state index in [-0.39, 0.29) is 30.9 Å². The predicted molar refractivity (Wildman–Crippen MR) is 154 cm³/mol. The smallest absolute Gasteiger partial charge is 0.414 e. The van der Waals surface area contributed by atoms with Crippen molar-refractivity contribution in [1.82, 2.24) is 15.1 Å². The average Bonchev–Trinajstić information content (AvgIpc) is 3.33. The number of hydrogen-bond acceptors (Lipinski definition) is 8. The van der Waals surface area contributed by atoms with Crippen molar-refractivity contribution in [2.45, 2.75) is 52.0 Å². The molecule has 2 aliphatic heterocycles. The normalized spacial score (nSPS) is 18.1. The molecule has 0 aromatic heterocycles. The fourth-order valence-electron chi connectivity index (χ4n) is 4.74. The zero-order valence-corrected chi connectivity index (χ0v) is 24.4. The summed E-state index contributed by atoms with van der Waals surface area (Å²) in [5, 5.41) is 3.15. The molecule has 2 aliphatic rings. The van der Waals surface area contributed by atoms with Gasteiger partial charge in [-0.1, -0.05) is 24.3 Å². The Morgan fingerprint density at radius 2 is 1.71 bits per heavy atom. The molecule has 3 N–H and O–H groups in total. The molecule has 12 heteroatoms. The largest absolute Gasteiger partial charge is 0.444 e. The van der Waals surface area contributed by atoms with E-state index in [9.17, 15) is 19.2 Å². The van der Waals surface area contributed by atoms with E-state index in [1.54, 1.807) is 34.1 Å². The second-order valence-electron chi connectivity index (χ2n) is 11.5. The van der Waals surface area contributed by atoms with Gasteiger partial charge >= 0.3 is 12.2 Å². The molecule has 2 heterocycles. The van der Waals surface area contributed by atoms with Crippen molar-refractivity contribution in [2.24, 2.45) is 5.73 Å². The van der Waals surface area contributed by atoms with Gasteiger partial charge in [-0.3, -0.25) is 14.5 Å². The number of hydrogen-bond donors (Lipinski definition) is 2. The SMILES string of the molecule is CC(=O)[C@@H](N)C1CN(c2ccc(-c3ccc(CNCC(=O)N4CCN(C(=O)OC(C)(C)C)CC4)cc3)c(F)c2)C(=O)O1. The number of anilines is 1. The molecule has 0 saturated carbocycles. The molecule has 4 rings (SSSR count). The number of Topliss-reactive ketones (excluding diaryl/α,β-unsaturated/α-hetero) is 1. The highest BCUT2D eigenvalue weighted by Gasteiger charge is 2.38. The zero-order valence-electron chi connectivity index (χ0n) is 24.4. The standard InChI is InChI=1S/C30H38FN5O6/c1-19(37)27(32)25-18-36(29(40)41-25)22-9-10-23(24(31)15-22)21-7-5-20(6-8-21)16-33-17-26(38)34-11-13-35(14-12-34)28(39)42-30(2,3)4/h5-10,15,25,27,33H,11-14,16-18,32H2,1-4H3/t25?,27-/m1/s1. The predicted octanol–water partition coefficient (Wildman–Crippen LogP) is 2.90. The minimum absolute atomic E-state index is 0.0471. The number of amides is 3.